The highest BCUT2D eigenvalue weighted by Gasteiger charge is 2.23. The zero-order chi connectivity index (χ0) is 17.6. The molecule has 25 heavy (non-hydrogen) atoms. The quantitative estimate of drug-likeness (QED) is 0.747. The number of halogens is 1. The van der Waals surface area contributed by atoms with Crippen LogP contribution in [0.1, 0.15) is 11.1 Å². The van der Waals surface area contributed by atoms with E-state index in [0.717, 1.165) is 29.1 Å². The van der Waals surface area contributed by atoms with E-state index in [1.54, 1.807) is 24.0 Å². The van der Waals surface area contributed by atoms with Crippen molar-refractivity contribution in [3.8, 4) is 11.5 Å². The molecular formula is C20H27BrN2O2+2. The highest BCUT2D eigenvalue weighted by molar-refractivity contribution is 9.10. The van der Waals surface area contributed by atoms with Gasteiger partial charge in [0.05, 0.1) is 14.2 Å². The smallest absolute Gasteiger partial charge is 0.127 e. The van der Waals surface area contributed by atoms with E-state index in [1.807, 2.05) is 6.07 Å². The first-order valence-corrected chi connectivity index (χ1v) is 9.59. The molecule has 1 saturated heterocycles. The number of hydrogen-bond donors (Lipinski definition) is 2. The van der Waals surface area contributed by atoms with E-state index in [9.17, 15) is 0 Å². The maximum atomic E-state index is 5.38. The van der Waals surface area contributed by atoms with Gasteiger partial charge in [0.25, 0.3) is 0 Å². The Morgan fingerprint density at radius 2 is 1.24 bits per heavy atom. The van der Waals surface area contributed by atoms with Crippen LogP contribution in [0.3, 0.4) is 0 Å². The Morgan fingerprint density at radius 1 is 0.760 bits per heavy atom. The van der Waals surface area contributed by atoms with Crippen molar-refractivity contribution >= 4 is 15.9 Å². The molecule has 2 aromatic rings. The fourth-order valence-electron chi connectivity index (χ4n) is 3.46. The van der Waals surface area contributed by atoms with E-state index in [1.165, 1.54) is 37.3 Å². The molecule has 5 heteroatoms. The van der Waals surface area contributed by atoms with Crippen LogP contribution in [-0.4, -0.2) is 40.4 Å². The Kier molecular flexibility index (Phi) is 6.34. The van der Waals surface area contributed by atoms with Crippen molar-refractivity contribution < 1.29 is 19.3 Å². The van der Waals surface area contributed by atoms with Crippen LogP contribution < -0.4 is 19.3 Å². The molecule has 0 radical (unpaired) electrons. The van der Waals surface area contributed by atoms with Gasteiger partial charge in [-0.3, -0.25) is 0 Å². The molecule has 0 bridgehead atoms. The molecule has 2 N–H and O–H groups in total. The second-order valence-corrected chi connectivity index (χ2v) is 7.62. The van der Waals surface area contributed by atoms with Gasteiger partial charge >= 0.3 is 0 Å². The number of benzene rings is 2. The molecule has 0 aliphatic carbocycles. The molecule has 0 aromatic heterocycles. The fourth-order valence-corrected chi connectivity index (χ4v) is 3.72. The van der Waals surface area contributed by atoms with E-state index >= 15 is 0 Å². The SMILES string of the molecule is COc1cc(C[NH+]2CC[NH+](Cc3ccc(Br)cc3)CC2)cc(OC)c1. The van der Waals surface area contributed by atoms with Crippen LogP contribution in [0.2, 0.25) is 0 Å². The maximum Gasteiger partial charge on any atom is 0.127 e. The molecule has 1 fully saturated rings. The first kappa shape index (κ1) is 18.2. The lowest BCUT2D eigenvalue weighted by Crippen LogP contribution is -3.27. The lowest BCUT2D eigenvalue weighted by atomic mass is 10.1. The minimum atomic E-state index is 0.869. The average molecular weight is 407 g/mol. The molecule has 134 valence electrons. The summed E-state index contributed by atoms with van der Waals surface area (Å²) < 4.78 is 11.9. The van der Waals surface area contributed by atoms with Gasteiger partial charge in [-0.15, -0.1) is 0 Å². The number of nitrogens with one attached hydrogen (secondary N) is 2. The molecule has 0 unspecified atom stereocenters. The summed E-state index contributed by atoms with van der Waals surface area (Å²) in [5.41, 5.74) is 2.70. The van der Waals surface area contributed by atoms with Gasteiger partial charge in [-0.1, -0.05) is 28.1 Å². The molecule has 3 rings (SSSR count). The summed E-state index contributed by atoms with van der Waals surface area (Å²) in [5.74, 6) is 1.74. The van der Waals surface area contributed by atoms with Crippen molar-refractivity contribution in [3.05, 3.63) is 58.1 Å². The highest BCUT2D eigenvalue weighted by Crippen LogP contribution is 2.21. The standard InChI is InChI=1S/C20H25BrN2O2/c1-24-19-11-17(12-20(13-19)25-2)15-23-9-7-22(8-10-23)14-16-3-5-18(21)6-4-16/h3-6,11-13H,7-10,14-15H2,1-2H3/p+2. The van der Waals surface area contributed by atoms with E-state index in [2.05, 4.69) is 52.3 Å². The van der Waals surface area contributed by atoms with Crippen LogP contribution in [0, 0.1) is 0 Å². The van der Waals surface area contributed by atoms with Gasteiger partial charge in [0, 0.05) is 21.7 Å². The van der Waals surface area contributed by atoms with Gasteiger partial charge in [0.1, 0.15) is 50.8 Å². The number of ether oxygens (including phenoxy) is 2. The number of piperazine rings is 1. The second-order valence-electron chi connectivity index (χ2n) is 6.70. The summed E-state index contributed by atoms with van der Waals surface area (Å²) in [6.07, 6.45) is 0. The Balaban J connectivity index is 1.53. The monoisotopic (exact) mass is 406 g/mol. The normalized spacial score (nSPS) is 20.3. The molecule has 1 aliphatic heterocycles. The number of methoxy groups -OCH3 is 2. The minimum Gasteiger partial charge on any atom is -0.497 e. The van der Waals surface area contributed by atoms with Crippen molar-refractivity contribution in [2.24, 2.45) is 0 Å². The van der Waals surface area contributed by atoms with E-state index in [-0.39, 0.29) is 0 Å². The molecule has 0 amide bonds. The molecule has 1 heterocycles. The molecule has 2 aromatic carbocycles. The maximum absolute atomic E-state index is 5.38. The van der Waals surface area contributed by atoms with Gasteiger partial charge in [0.2, 0.25) is 0 Å². The van der Waals surface area contributed by atoms with Crippen LogP contribution in [0.5, 0.6) is 11.5 Å². The third kappa shape index (κ3) is 5.21. The predicted molar refractivity (Wildman–Crippen MR) is 102 cm³/mol. The minimum absolute atomic E-state index is 0.869. The summed E-state index contributed by atoms with van der Waals surface area (Å²) in [5, 5.41) is 0. The van der Waals surface area contributed by atoms with Crippen LogP contribution >= 0.6 is 15.9 Å². The first-order chi connectivity index (χ1) is 12.2. The predicted octanol–water partition coefficient (Wildman–Crippen LogP) is 0.950. The lowest BCUT2D eigenvalue weighted by Gasteiger charge is -2.30. The topological polar surface area (TPSA) is 27.3 Å². The average Bonchev–Trinajstić information content (AvgIpc) is 2.65. The lowest BCUT2D eigenvalue weighted by molar-refractivity contribution is -1.02. The largest absolute Gasteiger partial charge is 0.497 e. The van der Waals surface area contributed by atoms with Gasteiger partial charge in [-0.2, -0.15) is 0 Å². The molecule has 4 nitrogen and oxygen atoms in total. The zero-order valence-corrected chi connectivity index (χ0v) is 16.6. The molecule has 0 spiro atoms. The molecular weight excluding hydrogens is 380 g/mol. The Labute approximate surface area is 158 Å². The van der Waals surface area contributed by atoms with Crippen molar-refractivity contribution in [1.29, 1.82) is 0 Å². The number of quaternary nitrogens is 2. The van der Waals surface area contributed by atoms with Gasteiger partial charge < -0.3 is 19.3 Å². The summed E-state index contributed by atoms with van der Waals surface area (Å²) >= 11 is 3.50. The molecule has 0 saturated carbocycles. The van der Waals surface area contributed by atoms with Crippen LogP contribution in [0.25, 0.3) is 0 Å². The molecule has 1 aliphatic rings. The summed E-state index contributed by atoms with van der Waals surface area (Å²) in [7, 11) is 3.41. The Bertz CT molecular complexity index is 660. The van der Waals surface area contributed by atoms with E-state index in [0.29, 0.717) is 0 Å². The van der Waals surface area contributed by atoms with Crippen molar-refractivity contribution in [2.75, 3.05) is 40.4 Å². The second kappa shape index (κ2) is 8.70. The Morgan fingerprint density at radius 3 is 1.72 bits per heavy atom. The highest BCUT2D eigenvalue weighted by atomic mass is 79.9. The van der Waals surface area contributed by atoms with Gasteiger partial charge in [0.15, 0.2) is 0 Å². The zero-order valence-electron chi connectivity index (χ0n) is 15.0. The summed E-state index contributed by atoms with van der Waals surface area (Å²) in [6, 6.07) is 14.9. The Hall–Kier alpha value is -1.56. The van der Waals surface area contributed by atoms with Crippen LogP contribution in [0.15, 0.2) is 46.9 Å². The van der Waals surface area contributed by atoms with Crippen molar-refractivity contribution in [3.63, 3.8) is 0 Å². The van der Waals surface area contributed by atoms with E-state index in [4.69, 9.17) is 9.47 Å². The third-order valence-electron chi connectivity index (χ3n) is 4.90. The first-order valence-electron chi connectivity index (χ1n) is 8.80. The number of hydrogen-bond acceptors (Lipinski definition) is 2. The van der Waals surface area contributed by atoms with Crippen LogP contribution in [0.4, 0.5) is 0 Å². The summed E-state index contributed by atoms with van der Waals surface area (Å²) in [4.78, 5) is 3.31. The fraction of sp³-hybridized carbons (Fsp3) is 0.400. The van der Waals surface area contributed by atoms with Crippen molar-refractivity contribution in [1.82, 2.24) is 0 Å². The molecule has 0 atom stereocenters. The third-order valence-corrected chi connectivity index (χ3v) is 5.43. The van der Waals surface area contributed by atoms with Crippen molar-refractivity contribution in [2.45, 2.75) is 13.1 Å². The van der Waals surface area contributed by atoms with Gasteiger partial charge in [-0.25, -0.2) is 0 Å². The van der Waals surface area contributed by atoms with Gasteiger partial charge in [-0.05, 0) is 24.3 Å². The number of rotatable bonds is 6. The summed E-state index contributed by atoms with van der Waals surface area (Å²) in [6.45, 7) is 6.97. The van der Waals surface area contributed by atoms with E-state index < -0.39 is 0 Å². The van der Waals surface area contributed by atoms with Crippen LogP contribution in [-0.2, 0) is 13.1 Å².